The van der Waals surface area contributed by atoms with Crippen LogP contribution in [-0.4, -0.2) is 24.0 Å². The molecule has 0 bridgehead atoms. The van der Waals surface area contributed by atoms with Crippen molar-refractivity contribution in [3.8, 4) is 5.75 Å². The number of ether oxygens (including phenoxy) is 1. The standard InChI is InChI=1S/C20H20ClFN2O3/c1-20(2)19(26)24(16-11-14(21)7-8-17(16)27-20)10-9-18(25)23-12-13-5-3-4-6-15(13)22/h3-8,11H,9-10,12H2,1-2H3,(H,23,25). The van der Waals surface area contributed by atoms with Gasteiger partial charge in [0.15, 0.2) is 5.60 Å². The second-order valence-electron chi connectivity index (χ2n) is 6.80. The zero-order valence-electron chi connectivity index (χ0n) is 15.1. The van der Waals surface area contributed by atoms with E-state index in [0.717, 1.165) is 0 Å². The minimum absolute atomic E-state index is 0.0717. The van der Waals surface area contributed by atoms with Gasteiger partial charge in [0.2, 0.25) is 5.91 Å². The number of fused-ring (bicyclic) bond motifs is 1. The predicted molar refractivity (Wildman–Crippen MR) is 101 cm³/mol. The Kier molecular flexibility index (Phi) is 5.37. The first-order valence-electron chi connectivity index (χ1n) is 8.58. The molecular weight excluding hydrogens is 371 g/mol. The number of nitrogens with zero attached hydrogens (tertiary/aromatic N) is 1. The highest BCUT2D eigenvalue weighted by molar-refractivity contribution is 6.31. The number of halogens is 2. The van der Waals surface area contributed by atoms with Crippen molar-refractivity contribution in [2.45, 2.75) is 32.4 Å². The largest absolute Gasteiger partial charge is 0.476 e. The lowest BCUT2D eigenvalue weighted by Crippen LogP contribution is -2.53. The number of hydrogen-bond acceptors (Lipinski definition) is 3. The number of carbonyl (C=O) groups is 2. The van der Waals surface area contributed by atoms with Crippen LogP contribution in [0.4, 0.5) is 10.1 Å². The van der Waals surface area contributed by atoms with Gasteiger partial charge in [0.1, 0.15) is 11.6 Å². The quantitative estimate of drug-likeness (QED) is 0.847. The first-order chi connectivity index (χ1) is 12.8. The van der Waals surface area contributed by atoms with Crippen LogP contribution in [-0.2, 0) is 16.1 Å². The molecule has 2 amide bonds. The van der Waals surface area contributed by atoms with Crippen molar-refractivity contribution in [3.63, 3.8) is 0 Å². The van der Waals surface area contributed by atoms with Gasteiger partial charge in [0.05, 0.1) is 5.69 Å². The number of benzene rings is 2. The zero-order valence-corrected chi connectivity index (χ0v) is 15.8. The molecule has 1 heterocycles. The van der Waals surface area contributed by atoms with E-state index in [4.69, 9.17) is 16.3 Å². The Labute approximate surface area is 162 Å². The second-order valence-corrected chi connectivity index (χ2v) is 7.24. The third-order valence-corrected chi connectivity index (χ3v) is 4.57. The molecule has 1 aliphatic rings. The Hall–Kier alpha value is -2.60. The molecule has 142 valence electrons. The van der Waals surface area contributed by atoms with Crippen molar-refractivity contribution in [1.29, 1.82) is 0 Å². The smallest absolute Gasteiger partial charge is 0.270 e. The van der Waals surface area contributed by atoms with Gasteiger partial charge in [-0.25, -0.2) is 4.39 Å². The van der Waals surface area contributed by atoms with E-state index in [1.54, 1.807) is 50.2 Å². The molecule has 0 radical (unpaired) electrons. The molecule has 0 spiro atoms. The lowest BCUT2D eigenvalue weighted by atomic mass is 10.0. The second kappa shape index (κ2) is 7.56. The normalized spacial score (nSPS) is 15.1. The summed E-state index contributed by atoms with van der Waals surface area (Å²) in [5.41, 5.74) is -0.0925. The number of nitrogens with one attached hydrogen (secondary N) is 1. The summed E-state index contributed by atoms with van der Waals surface area (Å²) in [7, 11) is 0. The third kappa shape index (κ3) is 4.22. The van der Waals surface area contributed by atoms with Crippen molar-refractivity contribution in [2.75, 3.05) is 11.4 Å². The van der Waals surface area contributed by atoms with Crippen LogP contribution in [0.3, 0.4) is 0 Å². The molecule has 3 rings (SSSR count). The summed E-state index contributed by atoms with van der Waals surface area (Å²) >= 11 is 6.05. The molecule has 7 heteroatoms. The van der Waals surface area contributed by atoms with Gasteiger partial charge in [-0.1, -0.05) is 29.8 Å². The molecule has 2 aromatic carbocycles. The summed E-state index contributed by atoms with van der Waals surface area (Å²) in [6, 6.07) is 11.3. The molecule has 0 aromatic heterocycles. The molecule has 0 saturated heterocycles. The van der Waals surface area contributed by atoms with Gasteiger partial charge in [-0.15, -0.1) is 0 Å². The van der Waals surface area contributed by atoms with E-state index in [-0.39, 0.29) is 37.1 Å². The van der Waals surface area contributed by atoms with E-state index in [1.807, 2.05) is 0 Å². The molecule has 27 heavy (non-hydrogen) atoms. The van der Waals surface area contributed by atoms with Crippen LogP contribution in [0.15, 0.2) is 42.5 Å². The maximum Gasteiger partial charge on any atom is 0.270 e. The summed E-state index contributed by atoms with van der Waals surface area (Å²) in [5, 5.41) is 3.15. The maximum absolute atomic E-state index is 13.6. The number of carbonyl (C=O) groups excluding carboxylic acids is 2. The number of anilines is 1. The average Bonchev–Trinajstić information content (AvgIpc) is 2.62. The van der Waals surface area contributed by atoms with Gasteiger partial charge >= 0.3 is 0 Å². The summed E-state index contributed by atoms with van der Waals surface area (Å²) in [6.45, 7) is 3.62. The highest BCUT2D eigenvalue weighted by Gasteiger charge is 2.40. The lowest BCUT2D eigenvalue weighted by Gasteiger charge is -2.38. The van der Waals surface area contributed by atoms with E-state index in [9.17, 15) is 14.0 Å². The van der Waals surface area contributed by atoms with Crippen molar-refractivity contribution in [1.82, 2.24) is 5.32 Å². The van der Waals surface area contributed by atoms with E-state index in [1.165, 1.54) is 11.0 Å². The summed E-state index contributed by atoms with van der Waals surface area (Å²) in [4.78, 5) is 26.4. The molecule has 1 aliphatic heterocycles. The Balaban J connectivity index is 1.67. The highest BCUT2D eigenvalue weighted by Crippen LogP contribution is 2.39. The molecule has 0 unspecified atom stereocenters. The Bertz CT molecular complexity index is 885. The summed E-state index contributed by atoms with van der Waals surface area (Å²) in [5.74, 6) is -0.361. The molecule has 0 saturated carbocycles. The predicted octanol–water partition coefficient (Wildman–Crippen LogP) is 3.69. The molecule has 0 fully saturated rings. The van der Waals surface area contributed by atoms with Crippen molar-refractivity contribution in [3.05, 3.63) is 58.9 Å². The van der Waals surface area contributed by atoms with Crippen LogP contribution in [0.1, 0.15) is 25.8 Å². The number of hydrogen-bond donors (Lipinski definition) is 1. The van der Waals surface area contributed by atoms with Crippen molar-refractivity contribution >= 4 is 29.1 Å². The minimum atomic E-state index is -1.04. The van der Waals surface area contributed by atoms with Gasteiger partial charge in [-0.2, -0.15) is 0 Å². The highest BCUT2D eigenvalue weighted by atomic mass is 35.5. The maximum atomic E-state index is 13.6. The molecule has 0 atom stereocenters. The SMILES string of the molecule is CC1(C)Oc2ccc(Cl)cc2N(CCC(=O)NCc2ccccc2F)C1=O. The fourth-order valence-corrected chi connectivity index (χ4v) is 3.07. The van der Waals surface area contributed by atoms with Crippen molar-refractivity contribution < 1.29 is 18.7 Å². The van der Waals surface area contributed by atoms with E-state index >= 15 is 0 Å². The molecular formula is C20H20ClFN2O3. The summed E-state index contributed by atoms with van der Waals surface area (Å²) < 4.78 is 19.4. The summed E-state index contributed by atoms with van der Waals surface area (Å²) in [6.07, 6.45) is 0.0717. The van der Waals surface area contributed by atoms with Crippen LogP contribution in [0.2, 0.25) is 5.02 Å². The van der Waals surface area contributed by atoms with Crippen LogP contribution in [0.25, 0.3) is 0 Å². The number of rotatable bonds is 5. The van der Waals surface area contributed by atoms with Gasteiger partial charge in [-0.05, 0) is 38.1 Å². The van der Waals surface area contributed by atoms with Crippen LogP contribution in [0, 0.1) is 5.82 Å². The third-order valence-electron chi connectivity index (χ3n) is 4.33. The van der Waals surface area contributed by atoms with Gasteiger partial charge in [0, 0.05) is 30.1 Å². The molecule has 5 nitrogen and oxygen atoms in total. The average molecular weight is 391 g/mol. The van der Waals surface area contributed by atoms with E-state index in [0.29, 0.717) is 22.0 Å². The van der Waals surface area contributed by atoms with Gasteiger partial charge < -0.3 is 15.0 Å². The van der Waals surface area contributed by atoms with E-state index < -0.39 is 5.60 Å². The lowest BCUT2D eigenvalue weighted by molar-refractivity contribution is -0.132. The fourth-order valence-electron chi connectivity index (χ4n) is 2.90. The molecule has 2 aromatic rings. The fraction of sp³-hybridized carbons (Fsp3) is 0.300. The zero-order chi connectivity index (χ0) is 19.6. The first kappa shape index (κ1) is 19.2. The Morgan fingerprint density at radius 1 is 1.26 bits per heavy atom. The van der Waals surface area contributed by atoms with Crippen LogP contribution < -0.4 is 15.0 Å². The monoisotopic (exact) mass is 390 g/mol. The van der Waals surface area contributed by atoms with Gasteiger partial charge in [-0.3, -0.25) is 9.59 Å². The van der Waals surface area contributed by atoms with Gasteiger partial charge in [0.25, 0.3) is 5.91 Å². The topological polar surface area (TPSA) is 58.6 Å². The van der Waals surface area contributed by atoms with E-state index in [2.05, 4.69) is 5.32 Å². The number of amides is 2. The minimum Gasteiger partial charge on any atom is -0.476 e. The Morgan fingerprint density at radius 3 is 2.74 bits per heavy atom. The van der Waals surface area contributed by atoms with Crippen molar-refractivity contribution in [2.24, 2.45) is 0 Å². The molecule has 0 aliphatic carbocycles. The molecule has 1 N–H and O–H groups in total. The van der Waals surface area contributed by atoms with Crippen LogP contribution in [0.5, 0.6) is 5.75 Å². The Morgan fingerprint density at radius 2 is 2.00 bits per heavy atom. The first-order valence-corrected chi connectivity index (χ1v) is 8.96. The van der Waals surface area contributed by atoms with Crippen LogP contribution >= 0.6 is 11.6 Å².